The van der Waals surface area contributed by atoms with Gasteiger partial charge in [0.2, 0.25) is 0 Å². The molecule has 1 heterocycles. The maximum Gasteiger partial charge on any atom is 0.0570 e. The zero-order valence-corrected chi connectivity index (χ0v) is 7.09. The number of allylic oxidation sites excluding steroid dienone is 2. The lowest BCUT2D eigenvalue weighted by atomic mass is 10.2. The lowest BCUT2D eigenvalue weighted by Crippen LogP contribution is -2.25. The summed E-state index contributed by atoms with van der Waals surface area (Å²) in [6, 6.07) is 0. The monoisotopic (exact) mass is 150 g/mol. The summed E-state index contributed by atoms with van der Waals surface area (Å²) in [7, 11) is 0. The van der Waals surface area contributed by atoms with Gasteiger partial charge in [-0.15, -0.1) is 0 Å². The van der Waals surface area contributed by atoms with Crippen molar-refractivity contribution < 1.29 is 0 Å². The largest absolute Gasteiger partial charge is 0.285 e. The van der Waals surface area contributed by atoms with Gasteiger partial charge in [0.25, 0.3) is 0 Å². The van der Waals surface area contributed by atoms with Gasteiger partial charge in [0.1, 0.15) is 0 Å². The molecule has 0 radical (unpaired) electrons. The van der Waals surface area contributed by atoms with Crippen LogP contribution in [0.4, 0.5) is 0 Å². The molecule has 0 aromatic rings. The van der Waals surface area contributed by atoms with Crippen LogP contribution in [-0.2, 0) is 0 Å². The highest BCUT2D eigenvalue weighted by molar-refractivity contribution is 5.28. The third-order valence-corrected chi connectivity index (χ3v) is 1.72. The predicted octanol–water partition coefficient (Wildman–Crippen LogP) is 1.80. The summed E-state index contributed by atoms with van der Waals surface area (Å²) in [6.07, 6.45) is 5.89. The van der Waals surface area contributed by atoms with Crippen molar-refractivity contribution in [3.63, 3.8) is 0 Å². The van der Waals surface area contributed by atoms with E-state index in [1.807, 2.05) is 18.0 Å². The number of hydrazine groups is 1. The average molecular weight is 150 g/mol. The van der Waals surface area contributed by atoms with E-state index < -0.39 is 0 Å². The number of hydrogen-bond acceptors (Lipinski definition) is 2. The quantitative estimate of drug-likeness (QED) is 0.645. The molecule has 0 fully saturated rings. The molecule has 0 amide bonds. The standard InChI is InChI=1S/C9H14N2/c1-4-6-9-8(3)7-10-11(9)5-2/h4-6,10H,2,7H2,1,3H3/b6-4-. The number of rotatable bonds is 2. The van der Waals surface area contributed by atoms with Crippen molar-refractivity contribution in [3.8, 4) is 0 Å². The van der Waals surface area contributed by atoms with E-state index in [-0.39, 0.29) is 0 Å². The molecule has 0 bridgehead atoms. The Morgan fingerprint density at radius 3 is 2.91 bits per heavy atom. The zero-order valence-electron chi connectivity index (χ0n) is 7.09. The molecule has 2 nitrogen and oxygen atoms in total. The van der Waals surface area contributed by atoms with Gasteiger partial charge in [-0.25, -0.2) is 5.43 Å². The Morgan fingerprint density at radius 1 is 1.64 bits per heavy atom. The van der Waals surface area contributed by atoms with Gasteiger partial charge in [0.15, 0.2) is 0 Å². The van der Waals surface area contributed by atoms with E-state index in [9.17, 15) is 0 Å². The molecule has 60 valence electrons. The summed E-state index contributed by atoms with van der Waals surface area (Å²) in [6.45, 7) is 8.76. The summed E-state index contributed by atoms with van der Waals surface area (Å²) in [4.78, 5) is 0. The Balaban J connectivity index is 2.83. The van der Waals surface area contributed by atoms with Crippen molar-refractivity contribution in [2.24, 2.45) is 0 Å². The molecule has 11 heavy (non-hydrogen) atoms. The van der Waals surface area contributed by atoms with Crippen molar-refractivity contribution in [1.82, 2.24) is 10.4 Å². The van der Waals surface area contributed by atoms with Crippen LogP contribution in [-0.4, -0.2) is 11.6 Å². The molecular weight excluding hydrogens is 136 g/mol. The Morgan fingerprint density at radius 2 is 2.36 bits per heavy atom. The predicted molar refractivity (Wildman–Crippen MR) is 47.6 cm³/mol. The summed E-state index contributed by atoms with van der Waals surface area (Å²) >= 11 is 0. The molecule has 0 aliphatic carbocycles. The minimum atomic E-state index is 0.922. The lowest BCUT2D eigenvalue weighted by molar-refractivity contribution is 0.399. The first-order valence-electron chi connectivity index (χ1n) is 3.77. The third kappa shape index (κ3) is 1.52. The molecule has 1 N–H and O–H groups in total. The molecule has 1 aliphatic rings. The molecule has 0 aromatic heterocycles. The molecule has 0 spiro atoms. The molecule has 2 heteroatoms. The molecule has 0 saturated heterocycles. The van der Waals surface area contributed by atoms with E-state index in [2.05, 4.69) is 25.0 Å². The topological polar surface area (TPSA) is 15.3 Å². The second-order valence-corrected chi connectivity index (χ2v) is 2.55. The van der Waals surface area contributed by atoms with Crippen LogP contribution < -0.4 is 5.43 Å². The first-order valence-corrected chi connectivity index (χ1v) is 3.77. The highest BCUT2D eigenvalue weighted by Gasteiger charge is 2.13. The Bertz CT molecular complexity index is 214. The molecule has 1 aliphatic heterocycles. The molecular formula is C9H14N2. The van der Waals surface area contributed by atoms with Gasteiger partial charge in [0.05, 0.1) is 5.70 Å². The third-order valence-electron chi connectivity index (χ3n) is 1.72. The zero-order chi connectivity index (χ0) is 8.27. The maximum atomic E-state index is 3.70. The van der Waals surface area contributed by atoms with Crippen LogP contribution in [0, 0.1) is 0 Å². The van der Waals surface area contributed by atoms with Gasteiger partial charge in [-0.3, -0.25) is 5.01 Å². The number of nitrogens with zero attached hydrogens (tertiary/aromatic N) is 1. The lowest BCUT2D eigenvalue weighted by Gasteiger charge is -2.13. The van der Waals surface area contributed by atoms with E-state index in [0.717, 1.165) is 6.54 Å². The fraction of sp³-hybridized carbons (Fsp3) is 0.333. The second kappa shape index (κ2) is 3.39. The van der Waals surface area contributed by atoms with Crippen LogP contribution in [0.1, 0.15) is 13.8 Å². The van der Waals surface area contributed by atoms with Gasteiger partial charge in [-0.05, 0) is 25.5 Å². The smallest absolute Gasteiger partial charge is 0.0570 e. The highest BCUT2D eigenvalue weighted by Crippen LogP contribution is 2.15. The summed E-state index contributed by atoms with van der Waals surface area (Å²) in [5, 5.41) is 1.94. The summed E-state index contributed by atoms with van der Waals surface area (Å²) in [5.41, 5.74) is 5.74. The van der Waals surface area contributed by atoms with E-state index in [0.29, 0.717) is 0 Å². The van der Waals surface area contributed by atoms with Crippen molar-refractivity contribution >= 4 is 0 Å². The van der Waals surface area contributed by atoms with Gasteiger partial charge in [0, 0.05) is 12.7 Å². The van der Waals surface area contributed by atoms with E-state index in [1.54, 1.807) is 6.20 Å². The van der Waals surface area contributed by atoms with Gasteiger partial charge >= 0.3 is 0 Å². The average Bonchev–Trinajstić information content (AvgIpc) is 2.34. The molecule has 0 atom stereocenters. The normalized spacial score (nSPS) is 18.5. The van der Waals surface area contributed by atoms with Crippen LogP contribution in [0.3, 0.4) is 0 Å². The number of nitrogens with one attached hydrogen (secondary N) is 1. The van der Waals surface area contributed by atoms with Crippen molar-refractivity contribution in [2.45, 2.75) is 13.8 Å². The molecule has 1 rings (SSSR count). The van der Waals surface area contributed by atoms with Crippen LogP contribution >= 0.6 is 0 Å². The van der Waals surface area contributed by atoms with Crippen LogP contribution in [0.2, 0.25) is 0 Å². The van der Waals surface area contributed by atoms with Gasteiger partial charge in [-0.1, -0.05) is 12.7 Å². The minimum absolute atomic E-state index is 0.922. The molecule has 0 aromatic carbocycles. The van der Waals surface area contributed by atoms with Crippen molar-refractivity contribution in [1.29, 1.82) is 0 Å². The van der Waals surface area contributed by atoms with E-state index in [1.165, 1.54) is 11.3 Å². The van der Waals surface area contributed by atoms with E-state index in [4.69, 9.17) is 0 Å². The van der Waals surface area contributed by atoms with Gasteiger partial charge in [-0.2, -0.15) is 0 Å². The summed E-state index contributed by atoms with van der Waals surface area (Å²) in [5.74, 6) is 0. The second-order valence-electron chi connectivity index (χ2n) is 2.55. The SMILES string of the molecule is C=CN1NCC(C)=C1/C=C\C. The van der Waals surface area contributed by atoms with Crippen LogP contribution in [0.25, 0.3) is 0 Å². The first kappa shape index (κ1) is 8.08. The van der Waals surface area contributed by atoms with Crippen molar-refractivity contribution in [2.75, 3.05) is 6.54 Å². The van der Waals surface area contributed by atoms with Crippen LogP contribution in [0.5, 0.6) is 0 Å². The fourth-order valence-corrected chi connectivity index (χ4v) is 1.13. The fourth-order valence-electron chi connectivity index (χ4n) is 1.13. The molecule has 0 unspecified atom stereocenters. The van der Waals surface area contributed by atoms with Crippen LogP contribution in [0.15, 0.2) is 36.2 Å². The first-order chi connectivity index (χ1) is 5.29. The minimum Gasteiger partial charge on any atom is -0.285 e. The highest BCUT2D eigenvalue weighted by atomic mass is 15.5. The number of hydrogen-bond donors (Lipinski definition) is 1. The summed E-state index contributed by atoms with van der Waals surface area (Å²) < 4.78 is 0. The maximum absolute atomic E-state index is 3.70. The van der Waals surface area contributed by atoms with Crippen molar-refractivity contribution in [3.05, 3.63) is 36.2 Å². The van der Waals surface area contributed by atoms with Gasteiger partial charge < -0.3 is 0 Å². The Kier molecular flexibility index (Phi) is 2.49. The van der Waals surface area contributed by atoms with E-state index >= 15 is 0 Å². The Hall–Kier alpha value is -1.02. The Labute approximate surface area is 67.9 Å². The molecule has 0 saturated carbocycles.